The second-order valence-corrected chi connectivity index (χ2v) is 16.8. The summed E-state index contributed by atoms with van der Waals surface area (Å²) in [4.78, 5) is 91.1. The molecule has 3 aromatic carbocycles. The zero-order chi connectivity index (χ0) is 44.9. The van der Waals surface area contributed by atoms with Gasteiger partial charge in [-0.15, -0.1) is 4.99 Å². The Balaban J connectivity index is 1.13. The summed E-state index contributed by atoms with van der Waals surface area (Å²) >= 11 is 0. The van der Waals surface area contributed by atoms with Gasteiger partial charge in [-0.2, -0.15) is 0 Å². The first kappa shape index (κ1) is 46.1. The summed E-state index contributed by atoms with van der Waals surface area (Å²) in [6.45, 7) is 9.30. The van der Waals surface area contributed by atoms with Gasteiger partial charge in [0.15, 0.2) is 6.04 Å². The van der Waals surface area contributed by atoms with Gasteiger partial charge in [0.2, 0.25) is 11.9 Å². The molecule has 336 valence electrons. The Kier molecular flexibility index (Phi) is 16.1. The van der Waals surface area contributed by atoms with E-state index in [4.69, 9.17) is 18.9 Å². The van der Waals surface area contributed by atoms with Crippen molar-refractivity contribution in [1.82, 2.24) is 24.9 Å². The van der Waals surface area contributed by atoms with Crippen molar-refractivity contribution in [2.24, 2.45) is 28.7 Å². The number of piperidine rings is 1. The molecular weight excluding hydrogens is 809 g/mol. The minimum absolute atomic E-state index is 0.0129. The minimum atomic E-state index is -1.18. The lowest BCUT2D eigenvalue weighted by molar-refractivity contribution is -0.172. The van der Waals surface area contributed by atoms with Gasteiger partial charge >= 0.3 is 30.3 Å². The molecule has 0 spiro atoms. The highest BCUT2D eigenvalue weighted by Gasteiger charge is 2.57. The number of benzene rings is 3. The number of nitrogens with zero attached hydrogens (tertiary/aromatic N) is 5. The Labute approximate surface area is 368 Å². The highest BCUT2D eigenvalue weighted by Crippen LogP contribution is 2.37. The number of rotatable bonds is 12. The Morgan fingerprint density at radius 1 is 0.683 bits per heavy atom. The third kappa shape index (κ3) is 12.6. The van der Waals surface area contributed by atoms with Crippen molar-refractivity contribution in [1.29, 1.82) is 0 Å². The number of alkyl carbamates (subject to hydrolysis) is 1. The molecule has 3 aromatic rings. The molecule has 6 amide bonds. The van der Waals surface area contributed by atoms with Gasteiger partial charge in [-0.3, -0.25) is 10.1 Å². The summed E-state index contributed by atoms with van der Waals surface area (Å²) in [7, 11) is 0. The summed E-state index contributed by atoms with van der Waals surface area (Å²) in [5, 5.41) is 2.63. The van der Waals surface area contributed by atoms with Crippen molar-refractivity contribution < 1.29 is 47.7 Å². The first-order chi connectivity index (χ1) is 30.4. The van der Waals surface area contributed by atoms with E-state index in [-0.39, 0.29) is 88.8 Å². The molecule has 0 aliphatic carbocycles. The van der Waals surface area contributed by atoms with E-state index < -0.39 is 48.1 Å². The van der Waals surface area contributed by atoms with E-state index in [2.05, 4.69) is 10.3 Å². The number of ether oxygens (including phenoxy) is 4. The number of carbonyl (C=O) groups excluding carboxylic acids is 6. The van der Waals surface area contributed by atoms with Crippen LogP contribution in [-0.4, -0.2) is 113 Å². The second kappa shape index (κ2) is 22.1. The summed E-state index contributed by atoms with van der Waals surface area (Å²) in [6, 6.07) is 25.5. The van der Waals surface area contributed by atoms with Crippen LogP contribution in [0.3, 0.4) is 0 Å². The average Bonchev–Trinajstić information content (AvgIpc) is 3.30. The predicted octanol–water partition coefficient (Wildman–Crippen LogP) is 6.83. The number of β-lactam (4-membered cyclic amide) rings is 1. The third-order valence-corrected chi connectivity index (χ3v) is 11.5. The molecule has 6 rings (SSSR count). The van der Waals surface area contributed by atoms with E-state index in [1.54, 1.807) is 9.80 Å². The Morgan fingerprint density at radius 2 is 1.21 bits per heavy atom. The molecule has 3 unspecified atom stereocenters. The number of amides is 6. The molecule has 0 radical (unpaired) electrons. The molecule has 3 aliphatic heterocycles. The maximum Gasteiger partial charge on any atom is 0.437 e. The number of nitrogens with one attached hydrogen (secondary N) is 1. The number of likely N-dealkylation sites (tertiary alicyclic amines) is 2. The minimum Gasteiger partial charge on any atom is -0.459 e. The van der Waals surface area contributed by atoms with Crippen LogP contribution in [0.4, 0.5) is 19.2 Å². The number of guanidine groups is 1. The molecule has 3 atom stereocenters. The summed E-state index contributed by atoms with van der Waals surface area (Å²) in [6.07, 6.45) is -0.958. The van der Waals surface area contributed by atoms with Gasteiger partial charge in [-0.05, 0) is 53.7 Å². The SMILES string of the molecule is CC(C)C(OC(=O)N1CCN(C(=O)N2C(=O)C(CC3CCCN(/C(=N/C(=O)OCc4ccccc4)NC(=O)OCc4ccccc4)C3)C2C(=O)OCc2ccccc2)CC1)C(C)C. The van der Waals surface area contributed by atoms with Crippen LogP contribution in [0.15, 0.2) is 96.0 Å². The molecule has 1 N–H and O–H groups in total. The lowest BCUT2D eigenvalue weighted by Crippen LogP contribution is -2.70. The number of aliphatic imine (C=N–C) groups is 1. The number of hydrogen-bond acceptors (Lipinski definition) is 10. The van der Waals surface area contributed by atoms with E-state index in [0.717, 1.165) is 21.6 Å². The lowest BCUT2D eigenvalue weighted by atomic mass is 9.78. The average molecular weight is 867 g/mol. The Hall–Kier alpha value is -6.45. The van der Waals surface area contributed by atoms with Gasteiger partial charge < -0.3 is 33.6 Å². The van der Waals surface area contributed by atoms with Crippen LogP contribution in [0, 0.1) is 23.7 Å². The van der Waals surface area contributed by atoms with Crippen molar-refractivity contribution in [2.75, 3.05) is 39.3 Å². The van der Waals surface area contributed by atoms with Crippen LogP contribution in [-0.2, 0) is 48.4 Å². The molecule has 0 aromatic heterocycles. The zero-order valence-corrected chi connectivity index (χ0v) is 36.4. The molecule has 3 heterocycles. The van der Waals surface area contributed by atoms with Crippen LogP contribution < -0.4 is 5.32 Å². The highest BCUT2D eigenvalue weighted by atomic mass is 16.6. The fraction of sp³-hybridized carbons (Fsp3) is 0.468. The number of imide groups is 1. The van der Waals surface area contributed by atoms with E-state index in [1.165, 1.54) is 4.90 Å². The van der Waals surface area contributed by atoms with E-state index in [9.17, 15) is 28.8 Å². The van der Waals surface area contributed by atoms with Gasteiger partial charge in [-0.1, -0.05) is 119 Å². The van der Waals surface area contributed by atoms with Crippen LogP contribution in [0.1, 0.15) is 63.6 Å². The first-order valence-electron chi connectivity index (χ1n) is 21.7. The van der Waals surface area contributed by atoms with Crippen LogP contribution in [0.25, 0.3) is 0 Å². The Bertz CT molecular complexity index is 2050. The molecular formula is C47H58N6O10. The molecule has 3 saturated heterocycles. The summed E-state index contributed by atoms with van der Waals surface area (Å²) in [5.41, 5.74) is 2.28. The number of piperazine rings is 1. The smallest absolute Gasteiger partial charge is 0.437 e. The second-order valence-electron chi connectivity index (χ2n) is 16.8. The van der Waals surface area contributed by atoms with Gasteiger partial charge in [-0.25, -0.2) is 28.9 Å². The zero-order valence-electron chi connectivity index (χ0n) is 36.4. The molecule has 0 saturated carbocycles. The topological polar surface area (TPSA) is 177 Å². The number of urea groups is 1. The van der Waals surface area contributed by atoms with Crippen molar-refractivity contribution in [3.8, 4) is 0 Å². The third-order valence-electron chi connectivity index (χ3n) is 11.5. The summed E-state index contributed by atoms with van der Waals surface area (Å²) < 4.78 is 22.4. The van der Waals surface area contributed by atoms with Gasteiger partial charge in [0.05, 0.1) is 5.92 Å². The maximum absolute atomic E-state index is 14.1. The van der Waals surface area contributed by atoms with Crippen molar-refractivity contribution >= 4 is 42.1 Å². The number of esters is 1. The van der Waals surface area contributed by atoms with E-state index in [1.807, 2.05) is 119 Å². The van der Waals surface area contributed by atoms with Gasteiger partial charge in [0.25, 0.3) is 0 Å². The quantitative estimate of drug-likeness (QED) is 0.0664. The van der Waals surface area contributed by atoms with Gasteiger partial charge in [0.1, 0.15) is 25.9 Å². The van der Waals surface area contributed by atoms with Crippen LogP contribution >= 0.6 is 0 Å². The molecule has 3 aliphatic rings. The highest BCUT2D eigenvalue weighted by molar-refractivity contribution is 6.08. The maximum atomic E-state index is 14.1. The van der Waals surface area contributed by atoms with E-state index in [0.29, 0.717) is 19.4 Å². The fourth-order valence-corrected chi connectivity index (χ4v) is 8.22. The Morgan fingerprint density at radius 3 is 1.76 bits per heavy atom. The van der Waals surface area contributed by atoms with E-state index >= 15 is 0 Å². The first-order valence-corrected chi connectivity index (χ1v) is 21.7. The van der Waals surface area contributed by atoms with Gasteiger partial charge in [0, 0.05) is 39.3 Å². The molecule has 16 nitrogen and oxygen atoms in total. The number of hydrogen-bond donors (Lipinski definition) is 1. The normalized spacial score (nSPS) is 19.1. The molecule has 0 bridgehead atoms. The largest absolute Gasteiger partial charge is 0.459 e. The monoisotopic (exact) mass is 866 g/mol. The number of carbonyl (C=O) groups is 6. The summed E-state index contributed by atoms with van der Waals surface area (Å²) in [5.74, 6) is -2.10. The van der Waals surface area contributed by atoms with Crippen molar-refractivity contribution in [3.63, 3.8) is 0 Å². The van der Waals surface area contributed by atoms with Crippen LogP contribution in [0.5, 0.6) is 0 Å². The van der Waals surface area contributed by atoms with Crippen LogP contribution in [0.2, 0.25) is 0 Å². The predicted molar refractivity (Wildman–Crippen MR) is 232 cm³/mol. The molecule has 16 heteroatoms. The standard InChI is InChI=1S/C47H58N6O10/c1-32(2)40(33(3)4)63-47(59)51-25-23-50(24-26-51)46(58)53-39(42(55)60-29-34-15-8-5-9-16-34)38(41(53)54)27-37-21-14-22-52(28-37)43(48-44(56)61-30-35-17-10-6-11-18-35)49-45(57)62-31-36-19-12-7-13-20-36/h5-13,15-20,32-33,37-40H,14,21-31H2,1-4H3,(H,48,49,56,57). The molecule has 3 fully saturated rings. The van der Waals surface area contributed by atoms with Crippen molar-refractivity contribution in [3.05, 3.63) is 108 Å². The fourth-order valence-electron chi connectivity index (χ4n) is 8.22. The lowest BCUT2D eigenvalue weighted by Gasteiger charge is -2.48. The van der Waals surface area contributed by atoms with Crippen molar-refractivity contribution in [2.45, 2.75) is 78.9 Å². The molecule has 63 heavy (non-hydrogen) atoms.